The molecule has 0 saturated carbocycles. The van der Waals surface area contributed by atoms with E-state index in [9.17, 15) is 18.0 Å². The van der Waals surface area contributed by atoms with E-state index in [1.165, 1.54) is 24.5 Å². The summed E-state index contributed by atoms with van der Waals surface area (Å²) in [6.07, 6.45) is 0.629. The zero-order valence-corrected chi connectivity index (χ0v) is 12.2. The lowest BCUT2D eigenvalue weighted by Crippen LogP contribution is -2.40. The van der Waals surface area contributed by atoms with Gasteiger partial charge in [0.2, 0.25) is 11.8 Å². The summed E-state index contributed by atoms with van der Waals surface area (Å²) in [5, 5.41) is 0. The highest BCUT2D eigenvalue weighted by molar-refractivity contribution is 7.91. The smallest absolute Gasteiger partial charge is 0.250 e. The van der Waals surface area contributed by atoms with Gasteiger partial charge in [-0.1, -0.05) is 6.92 Å². The summed E-state index contributed by atoms with van der Waals surface area (Å²) in [5.74, 6) is -0.890. The number of rotatable bonds is 4. The molecule has 0 unspecified atom stereocenters. The third-order valence-electron chi connectivity index (χ3n) is 2.93. The van der Waals surface area contributed by atoms with Crippen molar-refractivity contribution < 1.29 is 18.0 Å². The van der Waals surface area contributed by atoms with Crippen LogP contribution in [-0.4, -0.2) is 38.2 Å². The van der Waals surface area contributed by atoms with Crippen LogP contribution in [0.25, 0.3) is 0 Å². The Kier molecular flexibility index (Phi) is 3.75. The van der Waals surface area contributed by atoms with Gasteiger partial charge in [0.25, 0.3) is 10.0 Å². The Balaban J connectivity index is 2.18. The third-order valence-corrected chi connectivity index (χ3v) is 6.12. The highest BCUT2D eigenvalue weighted by Crippen LogP contribution is 2.23. The summed E-state index contributed by atoms with van der Waals surface area (Å²) in [6, 6.07) is 2.26. The number of amides is 2. The van der Waals surface area contributed by atoms with Gasteiger partial charge >= 0.3 is 0 Å². The molecule has 0 spiro atoms. The second kappa shape index (κ2) is 5.03. The Bertz CT molecular complexity index is 620. The number of likely N-dealkylation sites (N-methyl/N-ethyl adjacent to an activating group) is 1. The Morgan fingerprint density at radius 3 is 2.58 bits per heavy atom. The van der Waals surface area contributed by atoms with E-state index in [0.29, 0.717) is 0 Å². The number of likely N-dealkylation sites (tertiary alicyclic amines) is 1. The fraction of sp³-hybridized carbons (Fsp3) is 0.455. The SMILES string of the molecule is CCc1ccc(S(=O)(=O)N[C@H]2CC(=O)N(C)C2=O)s1. The average Bonchev–Trinajstić information content (AvgIpc) is 2.92. The topological polar surface area (TPSA) is 83.6 Å². The molecule has 1 fully saturated rings. The molecule has 2 heterocycles. The normalized spacial score (nSPS) is 20.3. The van der Waals surface area contributed by atoms with Crippen LogP contribution in [-0.2, 0) is 26.0 Å². The first-order valence-corrected chi connectivity index (χ1v) is 8.06. The molecular formula is C11H14N2O4S2. The lowest BCUT2D eigenvalue weighted by atomic mass is 10.3. The molecule has 104 valence electrons. The van der Waals surface area contributed by atoms with Crippen molar-refractivity contribution in [1.82, 2.24) is 9.62 Å². The van der Waals surface area contributed by atoms with Gasteiger partial charge < -0.3 is 0 Å². The van der Waals surface area contributed by atoms with E-state index in [2.05, 4.69) is 4.72 Å². The minimum absolute atomic E-state index is 0.124. The zero-order valence-electron chi connectivity index (χ0n) is 10.5. The molecule has 6 nitrogen and oxygen atoms in total. The number of sulfonamides is 1. The molecule has 0 aliphatic carbocycles. The van der Waals surface area contributed by atoms with Crippen molar-refractivity contribution in [2.45, 2.75) is 30.0 Å². The van der Waals surface area contributed by atoms with Crippen LogP contribution >= 0.6 is 11.3 Å². The monoisotopic (exact) mass is 302 g/mol. The van der Waals surface area contributed by atoms with E-state index in [0.717, 1.165) is 16.2 Å². The number of carbonyl (C=O) groups excluding carboxylic acids is 2. The van der Waals surface area contributed by atoms with E-state index in [-0.39, 0.29) is 16.5 Å². The van der Waals surface area contributed by atoms with Gasteiger partial charge in [0.15, 0.2) is 0 Å². The average molecular weight is 302 g/mol. The molecule has 2 rings (SSSR count). The fourth-order valence-corrected chi connectivity index (χ4v) is 4.29. The number of hydrogen-bond acceptors (Lipinski definition) is 5. The molecule has 1 N–H and O–H groups in total. The van der Waals surface area contributed by atoms with Crippen LogP contribution < -0.4 is 4.72 Å². The summed E-state index contributed by atoms with van der Waals surface area (Å²) in [7, 11) is -2.40. The van der Waals surface area contributed by atoms with E-state index in [4.69, 9.17) is 0 Å². The second-order valence-corrected chi connectivity index (χ2v) is 7.35. The van der Waals surface area contributed by atoms with Gasteiger partial charge in [0, 0.05) is 11.9 Å². The van der Waals surface area contributed by atoms with Crippen LogP contribution in [0.5, 0.6) is 0 Å². The minimum atomic E-state index is -3.74. The maximum atomic E-state index is 12.1. The van der Waals surface area contributed by atoms with Gasteiger partial charge in [-0.25, -0.2) is 8.42 Å². The van der Waals surface area contributed by atoms with Crippen molar-refractivity contribution in [3.05, 3.63) is 17.0 Å². The predicted molar refractivity (Wildman–Crippen MR) is 70.2 cm³/mol. The van der Waals surface area contributed by atoms with Gasteiger partial charge in [-0.2, -0.15) is 4.72 Å². The number of carbonyl (C=O) groups is 2. The number of hydrogen-bond donors (Lipinski definition) is 1. The maximum absolute atomic E-state index is 12.1. The molecular weight excluding hydrogens is 288 g/mol. The Hall–Kier alpha value is -1.25. The van der Waals surface area contributed by atoms with Gasteiger partial charge in [-0.05, 0) is 18.6 Å². The van der Waals surface area contributed by atoms with E-state index >= 15 is 0 Å². The molecule has 1 aromatic rings. The van der Waals surface area contributed by atoms with Crippen molar-refractivity contribution in [2.24, 2.45) is 0 Å². The van der Waals surface area contributed by atoms with Gasteiger partial charge in [0.05, 0.1) is 6.42 Å². The Morgan fingerprint density at radius 2 is 2.11 bits per heavy atom. The third kappa shape index (κ3) is 2.70. The van der Waals surface area contributed by atoms with Gasteiger partial charge in [-0.15, -0.1) is 11.3 Å². The molecule has 1 aliphatic rings. The largest absolute Gasteiger partial charge is 0.284 e. The molecule has 2 amide bonds. The Labute approximate surface area is 115 Å². The zero-order chi connectivity index (χ0) is 14.2. The first-order chi connectivity index (χ1) is 8.85. The standard InChI is InChI=1S/C11H14N2O4S2/c1-3-7-4-5-10(18-7)19(16,17)12-8-6-9(14)13(2)11(8)15/h4-5,8,12H,3,6H2,1-2H3/t8-/m0/s1. The molecule has 1 atom stereocenters. The minimum Gasteiger partial charge on any atom is -0.284 e. The van der Waals surface area contributed by atoms with E-state index < -0.39 is 22.0 Å². The summed E-state index contributed by atoms with van der Waals surface area (Å²) < 4.78 is 26.6. The van der Waals surface area contributed by atoms with Crippen molar-refractivity contribution in [2.75, 3.05) is 7.05 Å². The summed E-state index contributed by atoms with van der Waals surface area (Å²) in [5.41, 5.74) is 0. The first kappa shape index (κ1) is 14.2. The molecule has 0 radical (unpaired) electrons. The quantitative estimate of drug-likeness (QED) is 0.813. The molecule has 0 bridgehead atoms. The highest BCUT2D eigenvalue weighted by Gasteiger charge is 2.38. The van der Waals surface area contributed by atoms with Gasteiger partial charge in [0.1, 0.15) is 10.3 Å². The van der Waals surface area contributed by atoms with Crippen LogP contribution in [0, 0.1) is 0 Å². The van der Waals surface area contributed by atoms with Crippen molar-refractivity contribution in [3.8, 4) is 0 Å². The van der Waals surface area contributed by atoms with E-state index in [1.54, 1.807) is 6.07 Å². The maximum Gasteiger partial charge on any atom is 0.250 e. The molecule has 1 aromatic heterocycles. The first-order valence-electron chi connectivity index (χ1n) is 5.76. The second-order valence-electron chi connectivity index (χ2n) is 4.24. The molecule has 1 aliphatic heterocycles. The lowest BCUT2D eigenvalue weighted by molar-refractivity contribution is -0.137. The van der Waals surface area contributed by atoms with Crippen LogP contribution in [0.1, 0.15) is 18.2 Å². The summed E-state index contributed by atoms with van der Waals surface area (Å²) in [4.78, 5) is 24.9. The summed E-state index contributed by atoms with van der Waals surface area (Å²) >= 11 is 1.17. The highest BCUT2D eigenvalue weighted by atomic mass is 32.2. The van der Waals surface area contributed by atoms with Crippen LogP contribution in [0.3, 0.4) is 0 Å². The number of nitrogens with zero attached hydrogens (tertiary/aromatic N) is 1. The number of thiophene rings is 1. The van der Waals surface area contributed by atoms with Gasteiger partial charge in [-0.3, -0.25) is 14.5 Å². The van der Waals surface area contributed by atoms with Crippen LogP contribution in [0.15, 0.2) is 16.3 Å². The molecule has 0 aromatic carbocycles. The lowest BCUT2D eigenvalue weighted by Gasteiger charge is -2.10. The van der Waals surface area contributed by atoms with Crippen molar-refractivity contribution in [1.29, 1.82) is 0 Å². The van der Waals surface area contributed by atoms with Crippen LogP contribution in [0.4, 0.5) is 0 Å². The number of imide groups is 1. The molecule has 1 saturated heterocycles. The van der Waals surface area contributed by atoms with Crippen molar-refractivity contribution in [3.63, 3.8) is 0 Å². The van der Waals surface area contributed by atoms with E-state index in [1.807, 2.05) is 6.92 Å². The number of aryl methyl sites for hydroxylation is 1. The Morgan fingerprint density at radius 1 is 1.42 bits per heavy atom. The van der Waals surface area contributed by atoms with Crippen molar-refractivity contribution >= 4 is 33.2 Å². The molecule has 8 heteroatoms. The summed E-state index contributed by atoms with van der Waals surface area (Å²) in [6.45, 7) is 1.93. The molecule has 19 heavy (non-hydrogen) atoms. The predicted octanol–water partition coefficient (Wildman–Crippen LogP) is 0.346. The van der Waals surface area contributed by atoms with Crippen LogP contribution in [0.2, 0.25) is 0 Å². The fourth-order valence-electron chi connectivity index (χ4n) is 1.79. The number of nitrogens with one attached hydrogen (secondary N) is 1.